The molecule has 6 nitrogen and oxygen atoms in total. The van der Waals surface area contributed by atoms with Crippen molar-refractivity contribution in [2.45, 2.75) is 26.7 Å². The van der Waals surface area contributed by atoms with Crippen molar-refractivity contribution >= 4 is 17.3 Å². The van der Waals surface area contributed by atoms with E-state index >= 15 is 0 Å². The SMILES string of the molecule is CCOc1ccc(CCC(=O)Nc2ccc([N+](=O)[O-])cc2C)cc1. The third-order valence-electron chi connectivity index (χ3n) is 3.57. The number of hydrogen-bond acceptors (Lipinski definition) is 4. The van der Waals surface area contributed by atoms with Crippen LogP contribution in [0.4, 0.5) is 11.4 Å². The zero-order valence-electron chi connectivity index (χ0n) is 13.7. The summed E-state index contributed by atoms with van der Waals surface area (Å²) in [5, 5.41) is 13.5. The van der Waals surface area contributed by atoms with Crippen LogP contribution < -0.4 is 10.1 Å². The van der Waals surface area contributed by atoms with Crippen molar-refractivity contribution in [3.05, 3.63) is 63.7 Å². The van der Waals surface area contributed by atoms with E-state index in [4.69, 9.17) is 4.74 Å². The van der Waals surface area contributed by atoms with Gasteiger partial charge in [-0.05, 0) is 49.6 Å². The molecule has 0 aliphatic rings. The lowest BCUT2D eigenvalue weighted by Crippen LogP contribution is -2.13. The molecule has 0 unspecified atom stereocenters. The second kappa shape index (κ2) is 8.10. The quantitative estimate of drug-likeness (QED) is 0.618. The molecule has 2 rings (SSSR count). The molecule has 0 aliphatic carbocycles. The molecular formula is C18H20N2O4. The van der Waals surface area contributed by atoms with Gasteiger partial charge in [0.2, 0.25) is 5.91 Å². The van der Waals surface area contributed by atoms with Crippen molar-refractivity contribution in [3.63, 3.8) is 0 Å². The largest absolute Gasteiger partial charge is 0.494 e. The van der Waals surface area contributed by atoms with Crippen molar-refractivity contribution in [2.75, 3.05) is 11.9 Å². The van der Waals surface area contributed by atoms with E-state index in [1.165, 1.54) is 12.1 Å². The molecule has 6 heteroatoms. The molecule has 0 atom stereocenters. The van der Waals surface area contributed by atoms with Gasteiger partial charge in [0.1, 0.15) is 5.75 Å². The lowest BCUT2D eigenvalue weighted by molar-refractivity contribution is -0.384. The zero-order valence-corrected chi connectivity index (χ0v) is 13.7. The minimum atomic E-state index is -0.454. The number of nitro groups is 1. The highest BCUT2D eigenvalue weighted by Crippen LogP contribution is 2.21. The third-order valence-corrected chi connectivity index (χ3v) is 3.57. The highest BCUT2D eigenvalue weighted by Gasteiger charge is 2.10. The Hall–Kier alpha value is -2.89. The molecule has 0 aliphatic heterocycles. The van der Waals surface area contributed by atoms with Crippen LogP contribution in [0.3, 0.4) is 0 Å². The molecule has 0 aromatic heterocycles. The van der Waals surface area contributed by atoms with Gasteiger partial charge in [-0.25, -0.2) is 0 Å². The van der Waals surface area contributed by atoms with Gasteiger partial charge in [-0.3, -0.25) is 14.9 Å². The molecule has 2 aromatic rings. The Kier molecular flexibility index (Phi) is 5.89. The summed E-state index contributed by atoms with van der Waals surface area (Å²) >= 11 is 0. The minimum Gasteiger partial charge on any atom is -0.494 e. The number of hydrogen-bond donors (Lipinski definition) is 1. The molecular weight excluding hydrogens is 308 g/mol. The number of nitro benzene ring substituents is 1. The number of carbonyl (C=O) groups excluding carboxylic acids is 1. The number of rotatable bonds is 7. The molecule has 0 saturated heterocycles. The van der Waals surface area contributed by atoms with Crippen LogP contribution in [0.5, 0.6) is 5.75 Å². The van der Waals surface area contributed by atoms with E-state index in [0.29, 0.717) is 30.7 Å². The molecule has 126 valence electrons. The summed E-state index contributed by atoms with van der Waals surface area (Å²) < 4.78 is 5.38. The predicted octanol–water partition coefficient (Wildman–Crippen LogP) is 3.87. The molecule has 24 heavy (non-hydrogen) atoms. The summed E-state index contributed by atoms with van der Waals surface area (Å²) in [6.45, 7) is 4.28. The average Bonchev–Trinajstić information content (AvgIpc) is 2.56. The van der Waals surface area contributed by atoms with Crippen molar-refractivity contribution in [1.82, 2.24) is 0 Å². The Morgan fingerprint density at radius 3 is 2.50 bits per heavy atom. The maximum Gasteiger partial charge on any atom is 0.269 e. The summed E-state index contributed by atoms with van der Waals surface area (Å²) in [6, 6.07) is 12.0. The Morgan fingerprint density at radius 1 is 1.21 bits per heavy atom. The number of nitrogens with zero attached hydrogens (tertiary/aromatic N) is 1. The standard InChI is InChI=1S/C18H20N2O4/c1-3-24-16-8-4-14(5-9-16)6-11-18(21)19-17-10-7-15(20(22)23)12-13(17)2/h4-5,7-10,12H,3,6,11H2,1-2H3,(H,19,21). The molecule has 0 fully saturated rings. The molecule has 0 spiro atoms. The first-order valence-electron chi connectivity index (χ1n) is 7.76. The highest BCUT2D eigenvalue weighted by atomic mass is 16.6. The molecule has 0 saturated carbocycles. The summed E-state index contributed by atoms with van der Waals surface area (Å²) in [5.74, 6) is 0.688. The third kappa shape index (κ3) is 4.81. The fraction of sp³-hybridized carbons (Fsp3) is 0.278. The van der Waals surface area contributed by atoms with Crippen molar-refractivity contribution < 1.29 is 14.5 Å². The van der Waals surface area contributed by atoms with Gasteiger partial charge in [0.05, 0.1) is 11.5 Å². The number of anilines is 1. The van der Waals surface area contributed by atoms with E-state index in [1.54, 1.807) is 13.0 Å². The second-order valence-corrected chi connectivity index (χ2v) is 5.38. The topological polar surface area (TPSA) is 81.5 Å². The van der Waals surface area contributed by atoms with Crippen LogP contribution in [0.1, 0.15) is 24.5 Å². The van der Waals surface area contributed by atoms with E-state index in [0.717, 1.165) is 11.3 Å². The van der Waals surface area contributed by atoms with Crippen LogP contribution in [-0.4, -0.2) is 17.4 Å². The summed E-state index contributed by atoms with van der Waals surface area (Å²) in [4.78, 5) is 22.3. The van der Waals surface area contributed by atoms with Crippen LogP contribution in [0.2, 0.25) is 0 Å². The number of ether oxygens (including phenoxy) is 1. The molecule has 0 heterocycles. The van der Waals surface area contributed by atoms with Crippen LogP contribution >= 0.6 is 0 Å². The minimum absolute atomic E-state index is 0.0138. The molecule has 0 radical (unpaired) electrons. The molecule has 2 aromatic carbocycles. The lowest BCUT2D eigenvalue weighted by atomic mass is 10.1. The van der Waals surface area contributed by atoms with E-state index in [9.17, 15) is 14.9 Å². The number of amides is 1. The Balaban J connectivity index is 1.90. The van der Waals surface area contributed by atoms with Gasteiger partial charge >= 0.3 is 0 Å². The maximum atomic E-state index is 12.1. The zero-order chi connectivity index (χ0) is 17.5. The molecule has 1 N–H and O–H groups in total. The fourth-order valence-corrected chi connectivity index (χ4v) is 2.29. The van der Waals surface area contributed by atoms with Gasteiger partial charge in [-0.1, -0.05) is 12.1 Å². The molecule has 0 bridgehead atoms. The van der Waals surface area contributed by atoms with Gasteiger partial charge in [0.15, 0.2) is 0 Å². The Bertz CT molecular complexity index is 726. The van der Waals surface area contributed by atoms with Crippen molar-refractivity contribution in [3.8, 4) is 5.75 Å². The number of nitrogens with one attached hydrogen (secondary N) is 1. The second-order valence-electron chi connectivity index (χ2n) is 5.38. The van der Waals surface area contributed by atoms with Crippen molar-refractivity contribution in [2.24, 2.45) is 0 Å². The van der Waals surface area contributed by atoms with E-state index in [1.807, 2.05) is 31.2 Å². The lowest BCUT2D eigenvalue weighted by Gasteiger charge is -2.09. The van der Waals surface area contributed by atoms with E-state index < -0.39 is 4.92 Å². The van der Waals surface area contributed by atoms with E-state index in [-0.39, 0.29) is 11.6 Å². The summed E-state index contributed by atoms with van der Waals surface area (Å²) in [5.41, 5.74) is 2.32. The van der Waals surface area contributed by atoms with Gasteiger partial charge < -0.3 is 10.1 Å². The monoisotopic (exact) mass is 328 g/mol. The summed E-state index contributed by atoms with van der Waals surface area (Å²) in [7, 11) is 0. The van der Waals surface area contributed by atoms with Crippen molar-refractivity contribution in [1.29, 1.82) is 0 Å². The van der Waals surface area contributed by atoms with Crippen LogP contribution in [0, 0.1) is 17.0 Å². The highest BCUT2D eigenvalue weighted by molar-refractivity contribution is 5.91. The van der Waals surface area contributed by atoms with Gasteiger partial charge in [0, 0.05) is 24.2 Å². The summed E-state index contributed by atoms with van der Waals surface area (Å²) in [6.07, 6.45) is 0.953. The predicted molar refractivity (Wildman–Crippen MR) is 92.4 cm³/mol. The number of benzene rings is 2. The average molecular weight is 328 g/mol. The Morgan fingerprint density at radius 2 is 1.92 bits per heavy atom. The van der Waals surface area contributed by atoms with Gasteiger partial charge in [-0.15, -0.1) is 0 Å². The van der Waals surface area contributed by atoms with Crippen LogP contribution in [-0.2, 0) is 11.2 Å². The number of carbonyl (C=O) groups is 1. The number of aryl methyl sites for hydroxylation is 2. The maximum absolute atomic E-state index is 12.1. The molecule has 1 amide bonds. The van der Waals surface area contributed by atoms with Gasteiger partial charge in [0.25, 0.3) is 5.69 Å². The van der Waals surface area contributed by atoms with Crippen LogP contribution in [0.25, 0.3) is 0 Å². The Labute approximate surface area is 140 Å². The first kappa shape index (κ1) is 17.5. The van der Waals surface area contributed by atoms with Gasteiger partial charge in [-0.2, -0.15) is 0 Å². The van der Waals surface area contributed by atoms with Crippen LogP contribution in [0.15, 0.2) is 42.5 Å². The normalized spacial score (nSPS) is 10.2. The van der Waals surface area contributed by atoms with E-state index in [2.05, 4.69) is 5.32 Å². The first-order valence-corrected chi connectivity index (χ1v) is 7.76. The first-order chi connectivity index (χ1) is 11.5. The number of non-ortho nitro benzene ring substituents is 1. The smallest absolute Gasteiger partial charge is 0.269 e. The fourth-order valence-electron chi connectivity index (χ4n) is 2.29.